The summed E-state index contributed by atoms with van der Waals surface area (Å²) in [6.45, 7) is 10.8. The zero-order valence-electron chi connectivity index (χ0n) is 14.4. The summed E-state index contributed by atoms with van der Waals surface area (Å²) >= 11 is 0. The van der Waals surface area contributed by atoms with Crippen LogP contribution in [0.3, 0.4) is 0 Å². The molecule has 1 fully saturated rings. The maximum atomic E-state index is 8.77. The highest BCUT2D eigenvalue weighted by molar-refractivity contribution is 6.62. The summed E-state index contributed by atoms with van der Waals surface area (Å²) in [6, 6.07) is 8.31. The van der Waals surface area contributed by atoms with Crippen LogP contribution in [-0.2, 0) is 15.9 Å². The molecule has 0 spiro atoms. The Morgan fingerprint density at radius 1 is 1.22 bits per heavy atom. The highest BCUT2D eigenvalue weighted by Gasteiger charge is 2.51. The molecule has 5 nitrogen and oxygen atoms in total. The molecular formula is C17H22BN3O2. The van der Waals surface area contributed by atoms with Crippen LogP contribution in [0.2, 0.25) is 0 Å². The Bertz CT molecular complexity index is 773. The Hall–Kier alpha value is -1.84. The number of rotatable bonds is 3. The zero-order chi connectivity index (χ0) is 16.8. The molecule has 1 saturated heterocycles. The van der Waals surface area contributed by atoms with Gasteiger partial charge in [-0.3, -0.25) is 4.68 Å². The normalized spacial score (nSPS) is 19.2. The van der Waals surface area contributed by atoms with Crippen molar-refractivity contribution in [3.63, 3.8) is 0 Å². The van der Waals surface area contributed by atoms with Crippen molar-refractivity contribution in [1.82, 2.24) is 9.78 Å². The van der Waals surface area contributed by atoms with Crippen LogP contribution in [0.5, 0.6) is 0 Å². The van der Waals surface area contributed by atoms with Crippen molar-refractivity contribution in [2.75, 3.05) is 0 Å². The number of nitriles is 1. The molecule has 2 heterocycles. The molecule has 0 N–H and O–H groups in total. The molecule has 0 atom stereocenters. The lowest BCUT2D eigenvalue weighted by Gasteiger charge is -2.32. The quantitative estimate of drug-likeness (QED) is 0.817. The highest BCUT2D eigenvalue weighted by Crippen LogP contribution is 2.36. The number of hydrogen-bond donors (Lipinski definition) is 0. The first kappa shape index (κ1) is 16.0. The van der Waals surface area contributed by atoms with E-state index in [1.54, 1.807) is 0 Å². The van der Waals surface area contributed by atoms with Gasteiger partial charge >= 0.3 is 7.12 Å². The molecule has 0 saturated carbocycles. The zero-order valence-corrected chi connectivity index (χ0v) is 14.4. The van der Waals surface area contributed by atoms with Gasteiger partial charge < -0.3 is 9.31 Å². The molecule has 0 unspecified atom stereocenters. The monoisotopic (exact) mass is 311 g/mol. The van der Waals surface area contributed by atoms with Crippen LogP contribution in [0.4, 0.5) is 0 Å². The van der Waals surface area contributed by atoms with Gasteiger partial charge in [-0.05, 0) is 46.1 Å². The Labute approximate surface area is 137 Å². The molecular weight excluding hydrogens is 289 g/mol. The standard InChI is InChI=1S/C17H22BN3O2/c1-12-14-11-13(18-22-16(2,3)17(4,5)23-18)7-8-15(14)21(20-12)10-6-9-19/h7-8,11H,6,10H2,1-5H3. The van der Waals surface area contributed by atoms with E-state index in [4.69, 9.17) is 14.6 Å². The predicted octanol–water partition coefficient (Wildman–Crippen LogP) is 2.56. The summed E-state index contributed by atoms with van der Waals surface area (Å²) in [7, 11) is -0.369. The Kier molecular flexibility index (Phi) is 3.74. The summed E-state index contributed by atoms with van der Waals surface area (Å²) in [4.78, 5) is 0. The molecule has 1 aliphatic heterocycles. The second-order valence-corrected chi connectivity index (χ2v) is 7.08. The number of benzene rings is 1. The van der Waals surface area contributed by atoms with E-state index >= 15 is 0 Å². The molecule has 1 aliphatic rings. The molecule has 1 aromatic carbocycles. The van der Waals surface area contributed by atoms with Crippen LogP contribution >= 0.6 is 0 Å². The maximum Gasteiger partial charge on any atom is 0.494 e. The first-order valence-electron chi connectivity index (χ1n) is 7.95. The fourth-order valence-corrected chi connectivity index (χ4v) is 2.81. The van der Waals surface area contributed by atoms with E-state index in [1.165, 1.54) is 0 Å². The van der Waals surface area contributed by atoms with Crippen molar-refractivity contribution < 1.29 is 9.31 Å². The lowest BCUT2D eigenvalue weighted by molar-refractivity contribution is 0.00578. The van der Waals surface area contributed by atoms with Crippen LogP contribution in [0.15, 0.2) is 18.2 Å². The largest absolute Gasteiger partial charge is 0.494 e. The fraction of sp³-hybridized carbons (Fsp3) is 0.529. The summed E-state index contributed by atoms with van der Waals surface area (Å²) in [5, 5.41) is 14.4. The average Bonchev–Trinajstić information content (AvgIpc) is 2.90. The molecule has 2 aromatic rings. The second-order valence-electron chi connectivity index (χ2n) is 7.08. The van der Waals surface area contributed by atoms with Crippen molar-refractivity contribution in [3.05, 3.63) is 23.9 Å². The van der Waals surface area contributed by atoms with E-state index in [0.717, 1.165) is 22.1 Å². The first-order valence-corrected chi connectivity index (χ1v) is 7.95. The molecule has 0 radical (unpaired) electrons. The van der Waals surface area contributed by atoms with Crippen LogP contribution < -0.4 is 5.46 Å². The topological polar surface area (TPSA) is 60.1 Å². The van der Waals surface area contributed by atoms with E-state index in [2.05, 4.69) is 44.9 Å². The number of hydrogen-bond acceptors (Lipinski definition) is 4. The summed E-state index contributed by atoms with van der Waals surface area (Å²) < 4.78 is 14.1. The summed E-state index contributed by atoms with van der Waals surface area (Å²) in [6.07, 6.45) is 0.454. The lowest BCUT2D eigenvalue weighted by Crippen LogP contribution is -2.41. The molecule has 3 rings (SSSR count). The van der Waals surface area contributed by atoms with Crippen LogP contribution in [0.25, 0.3) is 10.9 Å². The highest BCUT2D eigenvalue weighted by atomic mass is 16.7. The Balaban J connectivity index is 1.96. The van der Waals surface area contributed by atoms with Gasteiger partial charge in [0.2, 0.25) is 0 Å². The minimum atomic E-state index is -0.369. The number of nitrogens with zero attached hydrogens (tertiary/aromatic N) is 3. The van der Waals surface area contributed by atoms with Crippen LogP contribution in [0, 0.1) is 18.3 Å². The van der Waals surface area contributed by atoms with E-state index in [1.807, 2.05) is 23.7 Å². The molecule has 6 heteroatoms. The van der Waals surface area contributed by atoms with Gasteiger partial charge in [-0.15, -0.1) is 0 Å². The van der Waals surface area contributed by atoms with Crippen molar-refractivity contribution in [2.45, 2.75) is 58.8 Å². The molecule has 120 valence electrons. The molecule has 1 aromatic heterocycles. The predicted molar refractivity (Wildman–Crippen MR) is 90.4 cm³/mol. The first-order chi connectivity index (χ1) is 10.7. The minimum absolute atomic E-state index is 0.349. The van der Waals surface area contributed by atoms with Gasteiger partial charge in [0, 0.05) is 5.39 Å². The van der Waals surface area contributed by atoms with Gasteiger partial charge in [0.1, 0.15) is 0 Å². The SMILES string of the molecule is Cc1nn(CCC#N)c2ccc(B3OC(C)(C)C(C)(C)O3)cc12. The average molecular weight is 311 g/mol. The van der Waals surface area contributed by atoms with E-state index < -0.39 is 0 Å². The van der Waals surface area contributed by atoms with Gasteiger partial charge in [-0.2, -0.15) is 10.4 Å². The van der Waals surface area contributed by atoms with E-state index in [-0.39, 0.29) is 18.3 Å². The third-order valence-corrected chi connectivity index (χ3v) is 4.92. The van der Waals surface area contributed by atoms with Crippen LogP contribution in [0.1, 0.15) is 39.8 Å². The van der Waals surface area contributed by atoms with Crippen molar-refractivity contribution in [2.24, 2.45) is 0 Å². The van der Waals surface area contributed by atoms with E-state index in [0.29, 0.717) is 13.0 Å². The van der Waals surface area contributed by atoms with Gasteiger partial charge in [-0.25, -0.2) is 0 Å². The summed E-state index contributed by atoms with van der Waals surface area (Å²) in [5.41, 5.74) is 2.30. The molecule has 0 bridgehead atoms. The van der Waals surface area contributed by atoms with Gasteiger partial charge in [-0.1, -0.05) is 12.1 Å². The maximum absolute atomic E-state index is 8.77. The van der Waals surface area contributed by atoms with Gasteiger partial charge in [0.25, 0.3) is 0 Å². The Morgan fingerprint density at radius 2 is 1.87 bits per heavy atom. The third-order valence-electron chi connectivity index (χ3n) is 4.92. The third kappa shape index (κ3) is 2.64. The minimum Gasteiger partial charge on any atom is -0.399 e. The van der Waals surface area contributed by atoms with Gasteiger partial charge in [0.15, 0.2) is 0 Å². The summed E-state index contributed by atoms with van der Waals surface area (Å²) in [5.74, 6) is 0. The number of aryl methyl sites for hydroxylation is 2. The second kappa shape index (κ2) is 5.36. The van der Waals surface area contributed by atoms with Crippen molar-refractivity contribution in [1.29, 1.82) is 5.26 Å². The number of fused-ring (bicyclic) bond motifs is 1. The molecule has 0 amide bonds. The lowest BCUT2D eigenvalue weighted by atomic mass is 9.78. The molecule has 23 heavy (non-hydrogen) atoms. The van der Waals surface area contributed by atoms with Gasteiger partial charge in [0.05, 0.1) is 41.4 Å². The molecule has 0 aliphatic carbocycles. The Morgan fingerprint density at radius 3 is 2.48 bits per heavy atom. The van der Waals surface area contributed by atoms with Crippen molar-refractivity contribution in [3.8, 4) is 6.07 Å². The van der Waals surface area contributed by atoms with Crippen LogP contribution in [-0.4, -0.2) is 28.1 Å². The smallest absolute Gasteiger partial charge is 0.399 e. The number of aromatic nitrogens is 2. The van der Waals surface area contributed by atoms with E-state index in [9.17, 15) is 0 Å². The van der Waals surface area contributed by atoms with Crippen molar-refractivity contribution >= 4 is 23.5 Å². The fourth-order valence-electron chi connectivity index (χ4n) is 2.81.